The molecule has 1 aromatic heterocycles. The zero-order valence-electron chi connectivity index (χ0n) is 12.0. The Morgan fingerprint density at radius 1 is 1.41 bits per heavy atom. The molecule has 0 aliphatic rings. The monoisotopic (exact) mass is 339 g/mol. The number of nitriles is 1. The normalized spacial score (nSPS) is 11.2. The number of hydrogen-bond acceptors (Lipinski definition) is 5. The van der Waals surface area contributed by atoms with Gasteiger partial charge in [0.15, 0.2) is 0 Å². The summed E-state index contributed by atoms with van der Waals surface area (Å²) in [7, 11) is -3.62. The van der Waals surface area contributed by atoms with Crippen LogP contribution in [0.15, 0.2) is 24.3 Å². The summed E-state index contributed by atoms with van der Waals surface area (Å²) in [5, 5.41) is 9.69. The molecule has 0 aliphatic carbocycles. The lowest BCUT2D eigenvalue weighted by Crippen LogP contribution is -2.10. The van der Waals surface area contributed by atoms with Crippen LogP contribution in [-0.4, -0.2) is 19.2 Å². The molecule has 0 saturated carbocycles. The van der Waals surface area contributed by atoms with Crippen LogP contribution in [0, 0.1) is 18.3 Å². The molecule has 116 valence electrons. The van der Waals surface area contributed by atoms with Crippen LogP contribution >= 0.6 is 11.6 Å². The summed E-state index contributed by atoms with van der Waals surface area (Å²) in [6, 6.07) is 8.32. The zero-order chi connectivity index (χ0) is 16.5. The van der Waals surface area contributed by atoms with E-state index < -0.39 is 10.1 Å². The number of nitrogens with two attached hydrogens (primary N) is 1. The second kappa shape index (κ2) is 6.01. The van der Waals surface area contributed by atoms with Gasteiger partial charge in [0.1, 0.15) is 17.5 Å². The van der Waals surface area contributed by atoms with Gasteiger partial charge in [-0.15, -0.1) is 0 Å². The predicted octanol–water partition coefficient (Wildman–Crippen LogP) is 2.11. The van der Waals surface area contributed by atoms with Crippen LogP contribution in [0.25, 0.3) is 5.69 Å². The zero-order valence-corrected chi connectivity index (χ0v) is 13.6. The molecule has 1 aromatic carbocycles. The molecule has 0 fully saturated rings. The van der Waals surface area contributed by atoms with Gasteiger partial charge in [0.05, 0.1) is 17.0 Å². The fourth-order valence-electron chi connectivity index (χ4n) is 2.14. The van der Waals surface area contributed by atoms with Crippen LogP contribution in [0.4, 0.5) is 0 Å². The summed E-state index contributed by atoms with van der Waals surface area (Å²) in [4.78, 5) is 0. The third-order valence-corrected chi connectivity index (χ3v) is 3.94. The summed E-state index contributed by atoms with van der Waals surface area (Å²) in [5.74, 6) is 0.168. The van der Waals surface area contributed by atoms with Crippen LogP contribution in [0.5, 0.6) is 5.75 Å². The van der Waals surface area contributed by atoms with Crippen molar-refractivity contribution in [2.45, 2.75) is 13.5 Å². The number of nitrogens with zero attached hydrogens (tertiary/aromatic N) is 2. The van der Waals surface area contributed by atoms with Gasteiger partial charge in [-0.3, -0.25) is 0 Å². The van der Waals surface area contributed by atoms with Gasteiger partial charge in [0, 0.05) is 12.2 Å². The van der Waals surface area contributed by atoms with E-state index in [2.05, 4.69) is 6.07 Å². The predicted molar refractivity (Wildman–Crippen MR) is 83.6 cm³/mol. The van der Waals surface area contributed by atoms with E-state index in [0.717, 1.165) is 6.26 Å². The molecule has 1 heterocycles. The Hall–Kier alpha value is -2.01. The standard InChI is InChI=1S/C14H14ClN3O3S/c1-9-13(15)6-11(8-17)18(9)14-4-3-12(5-10(14)7-16)21-22(2,19)20/h3-6H,7,16H2,1-2H3. The van der Waals surface area contributed by atoms with Gasteiger partial charge in [0.2, 0.25) is 0 Å². The summed E-state index contributed by atoms with van der Waals surface area (Å²) in [6.07, 6.45) is 0.965. The minimum absolute atomic E-state index is 0.149. The molecule has 0 unspecified atom stereocenters. The molecular formula is C14H14ClN3O3S. The van der Waals surface area contributed by atoms with Gasteiger partial charge >= 0.3 is 10.1 Å². The topological polar surface area (TPSA) is 98.1 Å². The van der Waals surface area contributed by atoms with Crippen molar-refractivity contribution in [2.75, 3.05) is 6.26 Å². The summed E-state index contributed by atoms with van der Waals surface area (Å²) in [5.41, 5.74) is 8.09. The molecule has 0 saturated heterocycles. The van der Waals surface area contributed by atoms with E-state index in [1.807, 2.05) is 0 Å². The molecule has 0 spiro atoms. The highest BCUT2D eigenvalue weighted by atomic mass is 35.5. The molecule has 8 heteroatoms. The molecule has 0 bridgehead atoms. The van der Waals surface area contributed by atoms with E-state index in [9.17, 15) is 13.7 Å². The molecule has 2 N–H and O–H groups in total. The van der Waals surface area contributed by atoms with E-state index in [1.165, 1.54) is 12.1 Å². The Bertz CT molecular complexity index is 866. The summed E-state index contributed by atoms with van der Waals surface area (Å²) < 4.78 is 28.9. The van der Waals surface area contributed by atoms with Crippen LogP contribution < -0.4 is 9.92 Å². The van der Waals surface area contributed by atoms with E-state index in [0.29, 0.717) is 27.7 Å². The molecule has 6 nitrogen and oxygen atoms in total. The van der Waals surface area contributed by atoms with Gasteiger partial charge in [-0.1, -0.05) is 11.6 Å². The van der Waals surface area contributed by atoms with Gasteiger partial charge in [-0.05, 0) is 36.8 Å². The second-order valence-electron chi connectivity index (χ2n) is 4.69. The number of halogens is 1. The lowest BCUT2D eigenvalue weighted by Gasteiger charge is -2.14. The molecule has 2 aromatic rings. The number of hydrogen-bond donors (Lipinski definition) is 1. The van der Waals surface area contributed by atoms with Crippen molar-refractivity contribution in [3.8, 4) is 17.5 Å². The van der Waals surface area contributed by atoms with Crippen molar-refractivity contribution < 1.29 is 12.6 Å². The molecule has 2 rings (SSSR count). The maximum atomic E-state index is 11.2. The molecule has 0 amide bonds. The molecular weight excluding hydrogens is 326 g/mol. The van der Waals surface area contributed by atoms with Gasteiger partial charge < -0.3 is 14.5 Å². The molecule has 0 radical (unpaired) electrons. The number of aromatic nitrogens is 1. The first kappa shape index (κ1) is 16.4. The Labute approximate surface area is 133 Å². The smallest absolute Gasteiger partial charge is 0.306 e. The lowest BCUT2D eigenvalue weighted by molar-refractivity contribution is 0.492. The van der Waals surface area contributed by atoms with E-state index in [1.54, 1.807) is 23.6 Å². The molecule has 0 aliphatic heterocycles. The van der Waals surface area contributed by atoms with Crippen LogP contribution in [0.1, 0.15) is 17.0 Å². The Morgan fingerprint density at radius 3 is 2.64 bits per heavy atom. The number of benzene rings is 1. The van der Waals surface area contributed by atoms with E-state index in [-0.39, 0.29) is 12.3 Å². The average molecular weight is 340 g/mol. The van der Waals surface area contributed by atoms with Crippen molar-refractivity contribution in [2.24, 2.45) is 5.73 Å². The minimum atomic E-state index is -3.62. The van der Waals surface area contributed by atoms with Crippen molar-refractivity contribution in [3.05, 3.63) is 46.2 Å². The maximum absolute atomic E-state index is 11.2. The minimum Gasteiger partial charge on any atom is -0.383 e. The highest BCUT2D eigenvalue weighted by Gasteiger charge is 2.16. The van der Waals surface area contributed by atoms with Gasteiger partial charge in [0.25, 0.3) is 0 Å². The molecule has 22 heavy (non-hydrogen) atoms. The first-order valence-corrected chi connectivity index (χ1v) is 8.47. The van der Waals surface area contributed by atoms with Crippen LogP contribution in [0.3, 0.4) is 0 Å². The molecule has 0 atom stereocenters. The van der Waals surface area contributed by atoms with Crippen LogP contribution in [0.2, 0.25) is 5.02 Å². The maximum Gasteiger partial charge on any atom is 0.306 e. The van der Waals surface area contributed by atoms with Crippen molar-refractivity contribution in [1.82, 2.24) is 4.57 Å². The fraction of sp³-hybridized carbons (Fsp3) is 0.214. The lowest BCUT2D eigenvalue weighted by atomic mass is 10.1. The fourth-order valence-corrected chi connectivity index (χ4v) is 2.78. The van der Waals surface area contributed by atoms with Gasteiger partial charge in [-0.25, -0.2) is 0 Å². The average Bonchev–Trinajstić information content (AvgIpc) is 2.72. The van der Waals surface area contributed by atoms with Crippen molar-refractivity contribution in [3.63, 3.8) is 0 Å². The number of rotatable bonds is 4. The Kier molecular flexibility index (Phi) is 4.47. The Balaban J connectivity index is 2.61. The quantitative estimate of drug-likeness (QED) is 0.860. The van der Waals surface area contributed by atoms with E-state index >= 15 is 0 Å². The second-order valence-corrected chi connectivity index (χ2v) is 6.67. The first-order chi connectivity index (χ1) is 10.3. The summed E-state index contributed by atoms with van der Waals surface area (Å²) >= 11 is 6.07. The largest absolute Gasteiger partial charge is 0.383 e. The SMILES string of the molecule is Cc1c(Cl)cc(C#N)n1-c1ccc(OS(C)(=O)=O)cc1CN. The first-order valence-electron chi connectivity index (χ1n) is 6.27. The van der Waals surface area contributed by atoms with E-state index in [4.69, 9.17) is 21.5 Å². The van der Waals surface area contributed by atoms with Crippen molar-refractivity contribution in [1.29, 1.82) is 5.26 Å². The van der Waals surface area contributed by atoms with Gasteiger partial charge in [-0.2, -0.15) is 13.7 Å². The van der Waals surface area contributed by atoms with Crippen LogP contribution in [-0.2, 0) is 16.7 Å². The van der Waals surface area contributed by atoms with Crippen molar-refractivity contribution >= 4 is 21.7 Å². The third kappa shape index (κ3) is 3.25. The highest BCUT2D eigenvalue weighted by Crippen LogP contribution is 2.28. The summed E-state index contributed by atoms with van der Waals surface area (Å²) in [6.45, 7) is 1.93. The highest BCUT2D eigenvalue weighted by molar-refractivity contribution is 7.86. The Morgan fingerprint density at radius 2 is 2.09 bits per heavy atom. The third-order valence-electron chi connectivity index (χ3n) is 3.06.